The minimum absolute atomic E-state index is 0.230. The van der Waals surface area contributed by atoms with E-state index in [1.165, 1.54) is 12.1 Å². The minimum atomic E-state index is -0.958. The molecule has 3 N–H and O–H groups in total. The molecule has 0 saturated heterocycles. The summed E-state index contributed by atoms with van der Waals surface area (Å²) >= 11 is 0. The summed E-state index contributed by atoms with van der Waals surface area (Å²) in [5.41, 5.74) is -0.0912. The van der Waals surface area contributed by atoms with Gasteiger partial charge in [-0.1, -0.05) is 19.1 Å². The van der Waals surface area contributed by atoms with Gasteiger partial charge in [-0.05, 0) is 30.5 Å². The van der Waals surface area contributed by atoms with Crippen LogP contribution in [0.5, 0.6) is 0 Å². The topological polar surface area (TPSA) is 69.6 Å². The summed E-state index contributed by atoms with van der Waals surface area (Å²) in [6.07, 6.45) is 1.17. The highest BCUT2D eigenvalue weighted by Gasteiger charge is 2.28. The summed E-state index contributed by atoms with van der Waals surface area (Å²) in [5.74, 6) is -0.548. The number of aryl methyl sites for hydroxylation is 1. The van der Waals surface area contributed by atoms with Crippen molar-refractivity contribution < 1.29 is 19.4 Å². The number of carbonyl (C=O) groups is 1. The maximum Gasteiger partial charge on any atom is 0.220 e. The Labute approximate surface area is 112 Å². The molecule has 1 rings (SSSR count). The molecule has 0 radical (unpaired) electrons. The second kappa shape index (κ2) is 7.21. The highest BCUT2D eigenvalue weighted by molar-refractivity contribution is 5.77. The normalized spacial score (nSPS) is 11.4. The van der Waals surface area contributed by atoms with Crippen molar-refractivity contribution in [3.63, 3.8) is 0 Å². The lowest BCUT2D eigenvalue weighted by Crippen LogP contribution is -2.53. The Morgan fingerprint density at radius 3 is 2.32 bits per heavy atom. The number of aliphatic hydroxyl groups excluding tert-OH is 2. The number of hydrogen-bond donors (Lipinski definition) is 3. The minimum Gasteiger partial charge on any atom is -0.394 e. The number of carbonyl (C=O) groups excluding carboxylic acids is 1. The van der Waals surface area contributed by atoms with Crippen molar-refractivity contribution in [3.8, 4) is 0 Å². The van der Waals surface area contributed by atoms with Gasteiger partial charge in [0.1, 0.15) is 5.82 Å². The second-order valence-corrected chi connectivity index (χ2v) is 4.62. The van der Waals surface area contributed by atoms with Gasteiger partial charge in [0.25, 0.3) is 0 Å². The van der Waals surface area contributed by atoms with E-state index in [1.54, 1.807) is 19.1 Å². The molecule has 1 aromatic carbocycles. The van der Waals surface area contributed by atoms with Gasteiger partial charge in [-0.3, -0.25) is 4.79 Å². The zero-order valence-corrected chi connectivity index (χ0v) is 11.0. The Morgan fingerprint density at radius 2 is 1.84 bits per heavy atom. The van der Waals surface area contributed by atoms with Crippen molar-refractivity contribution in [1.29, 1.82) is 0 Å². The van der Waals surface area contributed by atoms with Crippen LogP contribution >= 0.6 is 0 Å². The first kappa shape index (κ1) is 15.6. The molecule has 5 heteroatoms. The van der Waals surface area contributed by atoms with E-state index in [0.29, 0.717) is 12.8 Å². The summed E-state index contributed by atoms with van der Waals surface area (Å²) in [5, 5.41) is 21.1. The molecule has 106 valence electrons. The van der Waals surface area contributed by atoms with Crippen LogP contribution in [0.1, 0.15) is 25.3 Å². The van der Waals surface area contributed by atoms with E-state index in [9.17, 15) is 19.4 Å². The Balaban J connectivity index is 2.49. The van der Waals surface area contributed by atoms with Crippen molar-refractivity contribution in [2.45, 2.75) is 31.7 Å². The van der Waals surface area contributed by atoms with Crippen LogP contribution in [0, 0.1) is 5.82 Å². The summed E-state index contributed by atoms with van der Waals surface area (Å²) in [6, 6.07) is 5.97. The SMILES string of the molecule is CCC(CO)(CO)NC(=O)CCc1ccc(F)cc1. The number of halogens is 1. The third-order valence-electron chi connectivity index (χ3n) is 3.24. The number of benzene rings is 1. The molecule has 1 aromatic rings. The molecular formula is C14H20FNO3. The van der Waals surface area contributed by atoms with Crippen LogP contribution in [-0.2, 0) is 11.2 Å². The smallest absolute Gasteiger partial charge is 0.220 e. The summed E-state index contributed by atoms with van der Waals surface area (Å²) in [4.78, 5) is 11.8. The molecule has 0 aliphatic heterocycles. The van der Waals surface area contributed by atoms with E-state index in [1.807, 2.05) is 0 Å². The Hall–Kier alpha value is -1.46. The van der Waals surface area contributed by atoms with Gasteiger partial charge >= 0.3 is 0 Å². The lowest BCUT2D eigenvalue weighted by molar-refractivity contribution is -0.124. The molecule has 0 heterocycles. The van der Waals surface area contributed by atoms with E-state index in [4.69, 9.17) is 0 Å². The number of nitrogens with one attached hydrogen (secondary N) is 1. The van der Waals surface area contributed by atoms with E-state index < -0.39 is 5.54 Å². The molecule has 0 atom stereocenters. The Kier molecular flexibility index (Phi) is 5.92. The van der Waals surface area contributed by atoms with E-state index in [2.05, 4.69) is 5.32 Å². The number of amides is 1. The average Bonchev–Trinajstić information content (AvgIpc) is 2.44. The fourth-order valence-electron chi connectivity index (χ4n) is 1.71. The Morgan fingerprint density at radius 1 is 1.26 bits per heavy atom. The van der Waals surface area contributed by atoms with Crippen molar-refractivity contribution in [2.75, 3.05) is 13.2 Å². The second-order valence-electron chi connectivity index (χ2n) is 4.62. The number of rotatable bonds is 7. The quantitative estimate of drug-likeness (QED) is 0.692. The molecule has 4 nitrogen and oxygen atoms in total. The first-order valence-corrected chi connectivity index (χ1v) is 6.32. The average molecular weight is 269 g/mol. The van der Waals surface area contributed by atoms with Gasteiger partial charge in [-0.15, -0.1) is 0 Å². The maximum atomic E-state index is 12.7. The van der Waals surface area contributed by atoms with Crippen LogP contribution in [0.15, 0.2) is 24.3 Å². The summed E-state index contributed by atoms with van der Waals surface area (Å²) in [6.45, 7) is 1.18. The summed E-state index contributed by atoms with van der Waals surface area (Å²) < 4.78 is 12.7. The van der Waals surface area contributed by atoms with E-state index >= 15 is 0 Å². The highest BCUT2D eigenvalue weighted by Crippen LogP contribution is 2.10. The number of aliphatic hydroxyl groups is 2. The molecule has 0 bridgehead atoms. The van der Waals surface area contributed by atoms with Crippen LogP contribution in [0.2, 0.25) is 0 Å². The lowest BCUT2D eigenvalue weighted by Gasteiger charge is -2.29. The molecule has 0 aromatic heterocycles. The third-order valence-corrected chi connectivity index (χ3v) is 3.24. The molecule has 0 aliphatic rings. The molecule has 1 amide bonds. The lowest BCUT2D eigenvalue weighted by atomic mass is 9.98. The molecule has 0 saturated carbocycles. The van der Waals surface area contributed by atoms with Gasteiger partial charge in [0.2, 0.25) is 5.91 Å². The van der Waals surface area contributed by atoms with Gasteiger partial charge in [0, 0.05) is 6.42 Å². The summed E-state index contributed by atoms with van der Waals surface area (Å²) in [7, 11) is 0. The molecule has 0 unspecified atom stereocenters. The zero-order valence-electron chi connectivity index (χ0n) is 11.0. The molecule has 0 spiro atoms. The zero-order chi connectivity index (χ0) is 14.3. The van der Waals surface area contributed by atoms with Gasteiger partial charge in [-0.2, -0.15) is 0 Å². The van der Waals surface area contributed by atoms with Gasteiger partial charge in [-0.25, -0.2) is 4.39 Å². The van der Waals surface area contributed by atoms with Gasteiger partial charge in [0.15, 0.2) is 0 Å². The third kappa shape index (κ3) is 4.61. The molecule has 0 fully saturated rings. The fourth-order valence-corrected chi connectivity index (χ4v) is 1.71. The predicted octanol–water partition coefficient (Wildman–Crippen LogP) is 1.01. The van der Waals surface area contributed by atoms with Crippen LogP contribution < -0.4 is 5.32 Å². The van der Waals surface area contributed by atoms with Crippen molar-refractivity contribution >= 4 is 5.91 Å². The van der Waals surface area contributed by atoms with Crippen LogP contribution in [-0.4, -0.2) is 34.9 Å². The molecule has 0 aliphatic carbocycles. The largest absolute Gasteiger partial charge is 0.394 e. The van der Waals surface area contributed by atoms with E-state index in [-0.39, 0.29) is 31.4 Å². The van der Waals surface area contributed by atoms with Crippen molar-refractivity contribution in [3.05, 3.63) is 35.6 Å². The van der Waals surface area contributed by atoms with Crippen molar-refractivity contribution in [1.82, 2.24) is 5.32 Å². The van der Waals surface area contributed by atoms with Crippen LogP contribution in [0.3, 0.4) is 0 Å². The van der Waals surface area contributed by atoms with Crippen LogP contribution in [0.4, 0.5) is 4.39 Å². The first-order chi connectivity index (χ1) is 9.05. The fraction of sp³-hybridized carbons (Fsp3) is 0.500. The molecular weight excluding hydrogens is 249 g/mol. The maximum absolute atomic E-state index is 12.7. The standard InChI is InChI=1S/C14H20FNO3/c1-2-14(9-17,10-18)16-13(19)8-5-11-3-6-12(15)7-4-11/h3-4,6-7,17-18H,2,5,8-10H2,1H3,(H,16,19). The van der Waals surface area contributed by atoms with E-state index in [0.717, 1.165) is 5.56 Å². The monoisotopic (exact) mass is 269 g/mol. The van der Waals surface area contributed by atoms with Gasteiger partial charge in [0.05, 0.1) is 18.8 Å². The number of hydrogen-bond acceptors (Lipinski definition) is 3. The van der Waals surface area contributed by atoms with Crippen LogP contribution in [0.25, 0.3) is 0 Å². The van der Waals surface area contributed by atoms with Gasteiger partial charge < -0.3 is 15.5 Å². The highest BCUT2D eigenvalue weighted by atomic mass is 19.1. The molecule has 19 heavy (non-hydrogen) atoms. The predicted molar refractivity (Wildman–Crippen MR) is 70.1 cm³/mol. The van der Waals surface area contributed by atoms with Crippen molar-refractivity contribution in [2.24, 2.45) is 0 Å². The first-order valence-electron chi connectivity index (χ1n) is 6.32. The Bertz CT molecular complexity index is 393.